The fourth-order valence-corrected chi connectivity index (χ4v) is 1.12. The Morgan fingerprint density at radius 3 is 2.81 bits per heavy atom. The van der Waals surface area contributed by atoms with Gasteiger partial charge in [0.15, 0.2) is 6.10 Å². The van der Waals surface area contributed by atoms with E-state index < -0.39 is 17.9 Å². The molecular weight excluding hydrogens is 213 g/mol. The van der Waals surface area contributed by atoms with Gasteiger partial charge in [-0.1, -0.05) is 6.07 Å². The van der Waals surface area contributed by atoms with Crippen LogP contribution in [0.2, 0.25) is 0 Å². The molecule has 0 fully saturated rings. The van der Waals surface area contributed by atoms with E-state index in [0.29, 0.717) is 0 Å². The minimum Gasteiger partial charge on any atom is -0.478 e. The van der Waals surface area contributed by atoms with E-state index in [9.17, 15) is 9.18 Å². The maximum Gasteiger partial charge on any atom is 0.346 e. The Labute approximate surface area is 92.2 Å². The highest BCUT2D eigenvalue weighted by molar-refractivity contribution is 5.74. The molecule has 1 unspecified atom stereocenters. The van der Waals surface area contributed by atoms with Crippen LogP contribution in [-0.2, 0) is 9.53 Å². The van der Waals surface area contributed by atoms with Gasteiger partial charge >= 0.3 is 5.97 Å². The number of esters is 1. The quantitative estimate of drug-likeness (QED) is 0.731. The summed E-state index contributed by atoms with van der Waals surface area (Å²) in [7, 11) is 1.22. The topological polar surface area (TPSA) is 59.3 Å². The number of carbonyl (C=O) groups is 1. The van der Waals surface area contributed by atoms with Gasteiger partial charge in [-0.25, -0.2) is 9.18 Å². The van der Waals surface area contributed by atoms with Crippen LogP contribution in [0, 0.1) is 17.1 Å². The Kier molecular flexibility index (Phi) is 3.84. The van der Waals surface area contributed by atoms with E-state index in [4.69, 9.17) is 10.00 Å². The van der Waals surface area contributed by atoms with Crippen molar-refractivity contribution >= 4 is 5.97 Å². The lowest BCUT2D eigenvalue weighted by atomic mass is 10.2. The third-order valence-electron chi connectivity index (χ3n) is 1.92. The summed E-state index contributed by atoms with van der Waals surface area (Å²) in [4.78, 5) is 11.1. The highest BCUT2D eigenvalue weighted by Gasteiger charge is 2.18. The standard InChI is InChI=1S/C11H10FNO3/c1-7(11(14)15-2)16-10-5-3-4-9(12)8(10)6-13/h3-5,7H,1-2H3. The fraction of sp³-hybridized carbons (Fsp3) is 0.273. The monoisotopic (exact) mass is 223 g/mol. The number of benzene rings is 1. The van der Waals surface area contributed by atoms with Crippen molar-refractivity contribution in [3.05, 3.63) is 29.6 Å². The summed E-state index contributed by atoms with van der Waals surface area (Å²) >= 11 is 0. The summed E-state index contributed by atoms with van der Waals surface area (Å²) in [6, 6.07) is 5.64. The zero-order valence-electron chi connectivity index (χ0n) is 8.86. The Balaban J connectivity index is 2.94. The molecular formula is C11H10FNO3. The van der Waals surface area contributed by atoms with Gasteiger partial charge < -0.3 is 9.47 Å². The van der Waals surface area contributed by atoms with Crippen molar-refractivity contribution in [3.8, 4) is 11.8 Å². The van der Waals surface area contributed by atoms with Gasteiger partial charge in [0.25, 0.3) is 0 Å². The van der Waals surface area contributed by atoms with Gasteiger partial charge in [-0.05, 0) is 19.1 Å². The second kappa shape index (κ2) is 5.12. The van der Waals surface area contributed by atoms with Crippen molar-refractivity contribution in [1.29, 1.82) is 5.26 Å². The Morgan fingerprint density at radius 1 is 1.56 bits per heavy atom. The van der Waals surface area contributed by atoms with Crippen molar-refractivity contribution in [2.45, 2.75) is 13.0 Å². The summed E-state index contributed by atoms with van der Waals surface area (Å²) in [5.41, 5.74) is -0.224. The van der Waals surface area contributed by atoms with Gasteiger partial charge in [0.2, 0.25) is 0 Å². The van der Waals surface area contributed by atoms with Crippen LogP contribution in [0.15, 0.2) is 18.2 Å². The van der Waals surface area contributed by atoms with Crippen molar-refractivity contribution in [2.75, 3.05) is 7.11 Å². The molecule has 0 aliphatic rings. The molecule has 1 rings (SSSR count). The summed E-state index contributed by atoms with van der Waals surface area (Å²) in [6.45, 7) is 1.46. The number of methoxy groups -OCH3 is 1. The molecule has 0 aliphatic heterocycles. The highest BCUT2D eigenvalue weighted by atomic mass is 19.1. The van der Waals surface area contributed by atoms with Gasteiger partial charge in [0.05, 0.1) is 7.11 Å². The lowest BCUT2D eigenvalue weighted by Gasteiger charge is -2.13. The molecule has 0 aromatic heterocycles. The first-order chi connectivity index (χ1) is 7.60. The van der Waals surface area contributed by atoms with E-state index in [1.165, 1.54) is 26.2 Å². The number of ether oxygens (including phenoxy) is 2. The van der Waals surface area contributed by atoms with E-state index >= 15 is 0 Å². The molecule has 0 saturated carbocycles. The van der Waals surface area contributed by atoms with Gasteiger partial charge in [-0.3, -0.25) is 0 Å². The van der Waals surface area contributed by atoms with Crippen molar-refractivity contribution in [1.82, 2.24) is 0 Å². The molecule has 0 radical (unpaired) electrons. The first-order valence-corrected chi connectivity index (χ1v) is 4.53. The molecule has 16 heavy (non-hydrogen) atoms. The van der Waals surface area contributed by atoms with E-state index in [-0.39, 0.29) is 11.3 Å². The predicted octanol–water partition coefficient (Wildman–Crippen LogP) is 1.64. The molecule has 0 N–H and O–H groups in total. The van der Waals surface area contributed by atoms with Crippen LogP contribution >= 0.6 is 0 Å². The van der Waals surface area contributed by atoms with Crippen LogP contribution in [0.5, 0.6) is 5.75 Å². The third-order valence-corrected chi connectivity index (χ3v) is 1.92. The van der Waals surface area contributed by atoms with Crippen LogP contribution in [0.4, 0.5) is 4.39 Å². The molecule has 0 bridgehead atoms. The maximum absolute atomic E-state index is 13.2. The molecule has 1 atom stereocenters. The largest absolute Gasteiger partial charge is 0.478 e. The molecule has 84 valence electrons. The number of nitrogens with zero attached hydrogens (tertiary/aromatic N) is 1. The summed E-state index contributed by atoms with van der Waals surface area (Å²) in [5.74, 6) is -1.24. The molecule has 0 saturated heterocycles. The highest BCUT2D eigenvalue weighted by Crippen LogP contribution is 2.21. The van der Waals surface area contributed by atoms with E-state index in [2.05, 4.69) is 4.74 Å². The minimum atomic E-state index is -0.890. The van der Waals surface area contributed by atoms with Gasteiger partial charge in [0, 0.05) is 0 Å². The Bertz CT molecular complexity index is 439. The smallest absolute Gasteiger partial charge is 0.346 e. The first kappa shape index (κ1) is 12.0. The molecule has 0 heterocycles. The zero-order chi connectivity index (χ0) is 12.1. The van der Waals surface area contributed by atoms with Crippen LogP contribution in [0.1, 0.15) is 12.5 Å². The second-order valence-corrected chi connectivity index (χ2v) is 3.01. The molecule has 0 spiro atoms. The normalized spacial score (nSPS) is 11.4. The average molecular weight is 223 g/mol. The molecule has 1 aromatic rings. The molecule has 1 aromatic carbocycles. The minimum absolute atomic E-state index is 0.0281. The van der Waals surface area contributed by atoms with Crippen molar-refractivity contribution < 1.29 is 18.7 Å². The van der Waals surface area contributed by atoms with Gasteiger partial charge in [-0.2, -0.15) is 5.26 Å². The number of hydrogen-bond acceptors (Lipinski definition) is 4. The van der Waals surface area contributed by atoms with E-state index in [1.54, 1.807) is 6.07 Å². The van der Waals surface area contributed by atoms with Crippen molar-refractivity contribution in [3.63, 3.8) is 0 Å². The van der Waals surface area contributed by atoms with Crippen LogP contribution in [0.3, 0.4) is 0 Å². The lowest BCUT2D eigenvalue weighted by molar-refractivity contribution is -0.147. The number of hydrogen-bond donors (Lipinski definition) is 0. The lowest BCUT2D eigenvalue weighted by Crippen LogP contribution is -2.25. The number of halogens is 1. The molecule has 0 aliphatic carbocycles. The van der Waals surface area contributed by atoms with Crippen molar-refractivity contribution in [2.24, 2.45) is 0 Å². The first-order valence-electron chi connectivity index (χ1n) is 4.53. The zero-order valence-corrected chi connectivity index (χ0v) is 8.86. The predicted molar refractivity (Wildman–Crippen MR) is 53.2 cm³/mol. The number of carbonyl (C=O) groups excluding carboxylic acids is 1. The fourth-order valence-electron chi connectivity index (χ4n) is 1.12. The summed E-state index contributed by atoms with van der Waals surface area (Å²) in [6.07, 6.45) is -0.890. The SMILES string of the molecule is COC(=O)C(C)Oc1cccc(F)c1C#N. The Hall–Kier alpha value is -2.09. The third kappa shape index (κ3) is 2.48. The van der Waals surface area contributed by atoms with Crippen LogP contribution in [-0.4, -0.2) is 19.2 Å². The van der Waals surface area contributed by atoms with E-state index in [1.807, 2.05) is 0 Å². The molecule has 5 heteroatoms. The van der Waals surface area contributed by atoms with E-state index in [0.717, 1.165) is 6.07 Å². The van der Waals surface area contributed by atoms with Crippen LogP contribution < -0.4 is 4.74 Å². The second-order valence-electron chi connectivity index (χ2n) is 3.01. The number of nitriles is 1. The molecule has 4 nitrogen and oxygen atoms in total. The Morgan fingerprint density at radius 2 is 2.25 bits per heavy atom. The average Bonchev–Trinajstić information content (AvgIpc) is 2.28. The number of rotatable bonds is 3. The molecule has 0 amide bonds. The summed E-state index contributed by atoms with van der Waals surface area (Å²) in [5, 5.41) is 8.72. The van der Waals surface area contributed by atoms with Gasteiger partial charge in [0.1, 0.15) is 23.2 Å². The van der Waals surface area contributed by atoms with Crippen LogP contribution in [0.25, 0.3) is 0 Å². The van der Waals surface area contributed by atoms with Gasteiger partial charge in [-0.15, -0.1) is 0 Å². The maximum atomic E-state index is 13.2. The summed E-state index contributed by atoms with van der Waals surface area (Å²) < 4.78 is 22.7.